The zero-order valence-electron chi connectivity index (χ0n) is 7.12. The van der Waals surface area contributed by atoms with E-state index < -0.39 is 5.82 Å². The molecule has 0 spiro atoms. The molecule has 0 aliphatic heterocycles. The van der Waals surface area contributed by atoms with Crippen LogP contribution in [0.2, 0.25) is 0 Å². The molecule has 1 aromatic heterocycles. The summed E-state index contributed by atoms with van der Waals surface area (Å²) in [6.07, 6.45) is 0.235. The highest BCUT2D eigenvalue weighted by atomic mass is 32.1. The maximum atomic E-state index is 12.9. The van der Waals surface area contributed by atoms with Gasteiger partial charge in [0.1, 0.15) is 11.6 Å². The Morgan fingerprint density at radius 1 is 1.50 bits per heavy atom. The van der Waals surface area contributed by atoms with Gasteiger partial charge >= 0.3 is 0 Å². The Kier molecular flexibility index (Phi) is 2.10. The summed E-state index contributed by atoms with van der Waals surface area (Å²) in [6, 6.07) is 4.43. The van der Waals surface area contributed by atoms with Crippen LogP contribution in [0, 0.1) is 17.1 Å². The predicted octanol–water partition coefficient (Wildman–Crippen LogP) is 2.81. The minimum absolute atomic E-state index is 0.0912. The van der Waals surface area contributed by atoms with E-state index in [0.717, 1.165) is 11.6 Å². The van der Waals surface area contributed by atoms with Crippen LogP contribution >= 0.6 is 11.3 Å². The van der Waals surface area contributed by atoms with Crippen LogP contribution in [0.5, 0.6) is 5.75 Å². The Balaban J connectivity index is 2.74. The van der Waals surface area contributed by atoms with Crippen LogP contribution in [0.3, 0.4) is 0 Å². The van der Waals surface area contributed by atoms with E-state index in [2.05, 4.69) is 0 Å². The SMILES string of the molecule is N#CCc1csc2cc(F)cc(O)c12. The fourth-order valence-corrected chi connectivity index (χ4v) is 2.40. The number of nitrogens with zero attached hydrogens (tertiary/aromatic N) is 1. The summed E-state index contributed by atoms with van der Waals surface area (Å²) in [5.41, 5.74) is 0.755. The molecule has 0 aliphatic rings. The van der Waals surface area contributed by atoms with Crippen LogP contribution in [0.25, 0.3) is 10.1 Å². The average Bonchev–Trinajstić information content (AvgIpc) is 2.49. The molecule has 0 saturated heterocycles. The summed E-state index contributed by atoms with van der Waals surface area (Å²) in [5, 5.41) is 20.4. The Labute approximate surface area is 83.8 Å². The number of phenolic OH excluding ortho intramolecular Hbond substituents is 1. The van der Waals surface area contributed by atoms with Gasteiger partial charge in [0.25, 0.3) is 0 Å². The largest absolute Gasteiger partial charge is 0.507 e. The van der Waals surface area contributed by atoms with Crippen molar-refractivity contribution in [3.05, 3.63) is 28.9 Å². The van der Waals surface area contributed by atoms with Gasteiger partial charge in [0, 0.05) is 16.2 Å². The van der Waals surface area contributed by atoms with Crippen molar-refractivity contribution in [3.63, 3.8) is 0 Å². The second-order valence-corrected chi connectivity index (χ2v) is 3.81. The smallest absolute Gasteiger partial charge is 0.128 e. The Bertz CT molecular complexity index is 527. The molecular weight excluding hydrogens is 201 g/mol. The van der Waals surface area contributed by atoms with Gasteiger partial charge in [-0.3, -0.25) is 0 Å². The summed E-state index contributed by atoms with van der Waals surface area (Å²) in [7, 11) is 0. The zero-order chi connectivity index (χ0) is 10.1. The number of hydrogen-bond donors (Lipinski definition) is 1. The lowest BCUT2D eigenvalue weighted by molar-refractivity contribution is 0.475. The van der Waals surface area contributed by atoms with Crippen LogP contribution < -0.4 is 0 Å². The number of rotatable bonds is 1. The molecule has 0 unspecified atom stereocenters. The minimum atomic E-state index is -0.458. The monoisotopic (exact) mass is 207 g/mol. The molecule has 70 valence electrons. The maximum absolute atomic E-state index is 12.9. The third-order valence-corrected chi connectivity index (χ3v) is 2.94. The molecule has 0 bridgehead atoms. The highest BCUT2D eigenvalue weighted by molar-refractivity contribution is 7.17. The Morgan fingerprint density at radius 3 is 3.00 bits per heavy atom. The number of benzene rings is 1. The lowest BCUT2D eigenvalue weighted by Gasteiger charge is -1.97. The van der Waals surface area contributed by atoms with Crippen LogP contribution in [0.4, 0.5) is 4.39 Å². The topological polar surface area (TPSA) is 44.0 Å². The quantitative estimate of drug-likeness (QED) is 0.781. The third kappa shape index (κ3) is 1.32. The first-order valence-electron chi connectivity index (χ1n) is 3.98. The molecule has 0 atom stereocenters. The standard InChI is InChI=1S/C10H6FNOS/c11-7-3-8(13)10-6(1-2-12)5-14-9(10)4-7/h3-5,13H,1H2. The first-order chi connectivity index (χ1) is 6.72. The van der Waals surface area contributed by atoms with Gasteiger partial charge < -0.3 is 5.11 Å². The van der Waals surface area contributed by atoms with E-state index in [1.54, 1.807) is 5.38 Å². The molecule has 0 saturated carbocycles. The van der Waals surface area contributed by atoms with E-state index >= 15 is 0 Å². The molecule has 1 N–H and O–H groups in total. The van der Waals surface area contributed by atoms with Crippen molar-refractivity contribution in [2.45, 2.75) is 6.42 Å². The van der Waals surface area contributed by atoms with E-state index in [-0.39, 0.29) is 12.2 Å². The van der Waals surface area contributed by atoms with Gasteiger partial charge in [-0.05, 0) is 17.0 Å². The average molecular weight is 207 g/mol. The zero-order valence-corrected chi connectivity index (χ0v) is 7.94. The van der Waals surface area contributed by atoms with Crippen LogP contribution in [-0.2, 0) is 6.42 Å². The molecule has 0 amide bonds. The predicted molar refractivity (Wildman–Crippen MR) is 52.8 cm³/mol. The molecule has 0 radical (unpaired) electrons. The van der Waals surface area contributed by atoms with Crippen molar-refractivity contribution in [2.24, 2.45) is 0 Å². The Morgan fingerprint density at radius 2 is 2.29 bits per heavy atom. The van der Waals surface area contributed by atoms with Crippen molar-refractivity contribution < 1.29 is 9.50 Å². The van der Waals surface area contributed by atoms with E-state index in [9.17, 15) is 9.50 Å². The molecular formula is C10H6FNOS. The molecule has 4 heteroatoms. The van der Waals surface area contributed by atoms with Gasteiger partial charge in [-0.1, -0.05) is 0 Å². The number of thiophene rings is 1. The molecule has 1 aromatic carbocycles. The van der Waals surface area contributed by atoms with E-state index in [0.29, 0.717) is 10.1 Å². The first kappa shape index (κ1) is 8.97. The summed E-state index contributed by atoms with van der Waals surface area (Å²) >= 11 is 1.33. The first-order valence-corrected chi connectivity index (χ1v) is 4.86. The van der Waals surface area contributed by atoms with Crippen LogP contribution in [0.1, 0.15) is 5.56 Å². The fourth-order valence-electron chi connectivity index (χ4n) is 1.39. The van der Waals surface area contributed by atoms with E-state index in [1.807, 2.05) is 6.07 Å². The number of fused-ring (bicyclic) bond motifs is 1. The normalized spacial score (nSPS) is 10.3. The number of halogens is 1. The molecule has 0 fully saturated rings. The van der Waals surface area contributed by atoms with Crippen molar-refractivity contribution in [1.29, 1.82) is 5.26 Å². The van der Waals surface area contributed by atoms with Crippen molar-refractivity contribution in [3.8, 4) is 11.8 Å². The highest BCUT2D eigenvalue weighted by Gasteiger charge is 2.09. The summed E-state index contributed by atoms with van der Waals surface area (Å²) < 4.78 is 13.5. The molecule has 1 heterocycles. The molecule has 2 nitrogen and oxygen atoms in total. The van der Waals surface area contributed by atoms with Gasteiger partial charge in [0.05, 0.1) is 12.5 Å². The van der Waals surface area contributed by atoms with Crippen molar-refractivity contribution in [2.75, 3.05) is 0 Å². The molecule has 0 aliphatic carbocycles. The lowest BCUT2D eigenvalue weighted by atomic mass is 10.1. The second kappa shape index (κ2) is 3.28. The van der Waals surface area contributed by atoms with Crippen molar-refractivity contribution in [1.82, 2.24) is 0 Å². The van der Waals surface area contributed by atoms with Gasteiger partial charge in [-0.2, -0.15) is 5.26 Å². The van der Waals surface area contributed by atoms with Crippen LogP contribution in [-0.4, -0.2) is 5.11 Å². The number of aromatic hydroxyl groups is 1. The molecule has 14 heavy (non-hydrogen) atoms. The lowest BCUT2D eigenvalue weighted by Crippen LogP contribution is -1.80. The number of phenols is 1. The number of nitriles is 1. The van der Waals surface area contributed by atoms with Gasteiger partial charge in [-0.25, -0.2) is 4.39 Å². The van der Waals surface area contributed by atoms with Crippen molar-refractivity contribution >= 4 is 21.4 Å². The summed E-state index contributed by atoms with van der Waals surface area (Å²) in [5.74, 6) is -0.549. The van der Waals surface area contributed by atoms with Gasteiger partial charge in [-0.15, -0.1) is 11.3 Å². The van der Waals surface area contributed by atoms with E-state index in [1.165, 1.54) is 17.4 Å². The molecule has 2 aromatic rings. The molecule has 2 rings (SSSR count). The maximum Gasteiger partial charge on any atom is 0.128 e. The van der Waals surface area contributed by atoms with Gasteiger partial charge in [0.15, 0.2) is 0 Å². The Hall–Kier alpha value is -1.60. The van der Waals surface area contributed by atoms with E-state index in [4.69, 9.17) is 5.26 Å². The summed E-state index contributed by atoms with van der Waals surface area (Å²) in [6.45, 7) is 0. The fraction of sp³-hybridized carbons (Fsp3) is 0.100. The second-order valence-electron chi connectivity index (χ2n) is 2.89. The third-order valence-electron chi connectivity index (χ3n) is 1.96. The van der Waals surface area contributed by atoms with Crippen LogP contribution in [0.15, 0.2) is 17.5 Å². The number of hydrogen-bond acceptors (Lipinski definition) is 3. The van der Waals surface area contributed by atoms with Gasteiger partial charge in [0.2, 0.25) is 0 Å². The highest BCUT2D eigenvalue weighted by Crippen LogP contribution is 2.34. The minimum Gasteiger partial charge on any atom is -0.507 e. The summed E-state index contributed by atoms with van der Waals surface area (Å²) in [4.78, 5) is 0.